The molecule has 2 heterocycles. The highest BCUT2D eigenvalue weighted by Crippen LogP contribution is 2.29. The maximum atomic E-state index is 11.9. The van der Waals surface area contributed by atoms with Crippen molar-refractivity contribution in [1.29, 1.82) is 0 Å². The first-order chi connectivity index (χ1) is 26.0. The van der Waals surface area contributed by atoms with Crippen molar-refractivity contribution in [3.63, 3.8) is 0 Å². The zero-order valence-corrected chi connectivity index (χ0v) is 32.7. The second kappa shape index (κ2) is 28.8. The molecule has 12 atom stereocenters. The van der Waals surface area contributed by atoms with Crippen LogP contribution in [0.2, 0.25) is 0 Å². The quantitative estimate of drug-likeness (QED) is 0.0394. The third-order valence-corrected chi connectivity index (χ3v) is 10.2. The first kappa shape index (κ1) is 48.6. The van der Waals surface area contributed by atoms with E-state index in [4.69, 9.17) is 18.9 Å². The van der Waals surface area contributed by atoms with E-state index in [0.29, 0.717) is 6.42 Å². The number of ether oxygens (including phenoxy) is 4. The lowest BCUT2D eigenvalue weighted by Gasteiger charge is -2.46. The predicted molar refractivity (Wildman–Crippen MR) is 203 cm³/mol. The van der Waals surface area contributed by atoms with Gasteiger partial charge in [-0.3, -0.25) is 4.79 Å². The van der Waals surface area contributed by atoms with Gasteiger partial charge in [0.15, 0.2) is 12.6 Å². The first-order valence-corrected chi connectivity index (χ1v) is 20.5. The minimum atomic E-state index is -1.78. The van der Waals surface area contributed by atoms with E-state index >= 15 is 0 Å². The molecule has 2 aliphatic heterocycles. The number of carbonyl (C=O) groups excluding carboxylic acids is 1. The van der Waals surface area contributed by atoms with Crippen LogP contribution in [0.3, 0.4) is 0 Å². The van der Waals surface area contributed by atoms with Crippen LogP contribution in [0.25, 0.3) is 0 Å². The predicted octanol–water partition coefficient (Wildman–Crippen LogP) is 2.65. The number of hydrogen-bond acceptors (Lipinski definition) is 13. The normalized spacial score (nSPS) is 30.3. The fraction of sp³-hybridized carbons (Fsp3) is 0.875. The van der Waals surface area contributed by atoms with E-state index in [2.05, 4.69) is 24.4 Å². The average Bonchev–Trinajstić information content (AvgIpc) is 3.16. The van der Waals surface area contributed by atoms with Crippen LogP contribution in [-0.4, -0.2) is 140 Å². The van der Waals surface area contributed by atoms with Gasteiger partial charge in [0.25, 0.3) is 0 Å². The Morgan fingerprint density at radius 1 is 0.648 bits per heavy atom. The molecule has 14 heteroatoms. The van der Waals surface area contributed by atoms with Gasteiger partial charge in [0.1, 0.15) is 48.8 Å². The van der Waals surface area contributed by atoms with Crippen molar-refractivity contribution in [3.05, 3.63) is 24.3 Å². The van der Waals surface area contributed by atoms with Crippen molar-refractivity contribution < 1.29 is 64.6 Å². The van der Waals surface area contributed by atoms with Crippen molar-refractivity contribution in [3.8, 4) is 0 Å². The Kier molecular flexibility index (Phi) is 25.9. The number of rotatable bonds is 29. The third-order valence-electron chi connectivity index (χ3n) is 10.2. The molecule has 316 valence electrons. The fourth-order valence-corrected chi connectivity index (χ4v) is 6.81. The molecule has 2 fully saturated rings. The number of carbonyl (C=O) groups is 1. The number of hydrogen-bond donors (Lipinski definition) is 9. The number of aliphatic hydroxyl groups excluding tert-OH is 8. The topological polar surface area (TPSA) is 228 Å². The lowest BCUT2D eigenvalue weighted by atomic mass is 9.97. The second-order valence-corrected chi connectivity index (χ2v) is 14.9. The molecule has 12 unspecified atom stereocenters. The van der Waals surface area contributed by atoms with Crippen molar-refractivity contribution in [2.24, 2.45) is 0 Å². The summed E-state index contributed by atoms with van der Waals surface area (Å²) in [6.45, 7) is 1.79. The number of allylic oxidation sites excluding steroid dienone is 3. The van der Waals surface area contributed by atoms with E-state index in [-0.39, 0.29) is 6.61 Å². The number of amides is 1. The Hall–Kier alpha value is -1.53. The Balaban J connectivity index is 1.66. The molecule has 0 aromatic carbocycles. The monoisotopic (exact) mass is 776 g/mol. The maximum Gasteiger partial charge on any atom is 0.217 e. The zero-order valence-electron chi connectivity index (χ0n) is 32.7. The van der Waals surface area contributed by atoms with Crippen molar-refractivity contribution in [2.45, 2.75) is 203 Å². The summed E-state index contributed by atoms with van der Waals surface area (Å²) < 4.78 is 22.2. The molecule has 2 saturated heterocycles. The van der Waals surface area contributed by atoms with E-state index < -0.39 is 92.7 Å². The molecule has 14 nitrogen and oxygen atoms in total. The van der Waals surface area contributed by atoms with Gasteiger partial charge < -0.3 is 65.1 Å². The summed E-state index contributed by atoms with van der Waals surface area (Å²) in [6, 6.07) is -0.928. The molecular weight excluding hydrogens is 702 g/mol. The molecule has 9 N–H and O–H groups in total. The average molecular weight is 776 g/mol. The standard InChI is InChI=1S/C40H73NO13/c1-3-4-5-6-7-8-9-10-11-12-13-14-15-16-17-18-19-20-21-22-23-24-30(45)29(41-28(2)44)27-51-39-37(50)35(48)38(32(26-43)53-39)54-40-36(49)34(47)33(46)31(25-42)52-40/h19-20,23-24,29-40,42-43,45-50H,3-18,21-22,25-27H2,1-2H3,(H,41,44)/b20-19+,24-23+. The van der Waals surface area contributed by atoms with Crippen LogP contribution >= 0.6 is 0 Å². The second-order valence-electron chi connectivity index (χ2n) is 14.9. The third kappa shape index (κ3) is 18.2. The van der Waals surface area contributed by atoms with Gasteiger partial charge in [-0.15, -0.1) is 0 Å². The number of nitrogens with one attached hydrogen (secondary N) is 1. The molecule has 0 aromatic rings. The molecule has 0 radical (unpaired) electrons. The van der Waals surface area contributed by atoms with Crippen LogP contribution in [0.15, 0.2) is 24.3 Å². The highest BCUT2D eigenvalue weighted by molar-refractivity contribution is 5.73. The van der Waals surface area contributed by atoms with E-state index in [1.54, 1.807) is 6.08 Å². The van der Waals surface area contributed by atoms with Gasteiger partial charge in [-0.25, -0.2) is 0 Å². The smallest absolute Gasteiger partial charge is 0.217 e. The van der Waals surface area contributed by atoms with Crippen molar-refractivity contribution in [1.82, 2.24) is 5.32 Å². The van der Waals surface area contributed by atoms with Crippen LogP contribution in [0.4, 0.5) is 0 Å². The molecule has 0 saturated carbocycles. The van der Waals surface area contributed by atoms with Crippen LogP contribution in [-0.2, 0) is 23.7 Å². The largest absolute Gasteiger partial charge is 0.394 e. The summed E-state index contributed by atoms with van der Waals surface area (Å²) in [4.78, 5) is 11.9. The molecule has 0 bridgehead atoms. The van der Waals surface area contributed by atoms with Crippen LogP contribution < -0.4 is 5.32 Å². The van der Waals surface area contributed by atoms with Gasteiger partial charge in [0.2, 0.25) is 5.91 Å². The van der Waals surface area contributed by atoms with E-state index in [0.717, 1.165) is 12.8 Å². The Morgan fingerprint density at radius 2 is 1.15 bits per heavy atom. The molecule has 0 aromatic heterocycles. The van der Waals surface area contributed by atoms with E-state index in [1.165, 1.54) is 103 Å². The van der Waals surface area contributed by atoms with E-state index in [9.17, 15) is 45.6 Å². The Bertz CT molecular complexity index is 1010. The summed E-state index contributed by atoms with van der Waals surface area (Å²) in [5.41, 5.74) is 0. The van der Waals surface area contributed by atoms with Gasteiger partial charge >= 0.3 is 0 Å². The van der Waals surface area contributed by atoms with Gasteiger partial charge in [-0.05, 0) is 25.7 Å². The summed E-state index contributed by atoms with van der Waals surface area (Å²) in [6.07, 6.45) is 13.4. The van der Waals surface area contributed by atoms with Crippen molar-refractivity contribution >= 4 is 5.91 Å². The van der Waals surface area contributed by atoms with Crippen LogP contribution in [0.1, 0.15) is 129 Å². The summed E-state index contributed by atoms with van der Waals surface area (Å²) in [5.74, 6) is -0.427. The summed E-state index contributed by atoms with van der Waals surface area (Å²) >= 11 is 0. The minimum absolute atomic E-state index is 0.324. The maximum absolute atomic E-state index is 11.9. The lowest BCUT2D eigenvalue weighted by Crippen LogP contribution is -2.65. The molecule has 0 spiro atoms. The van der Waals surface area contributed by atoms with Crippen LogP contribution in [0.5, 0.6) is 0 Å². The molecular formula is C40H73NO13. The van der Waals surface area contributed by atoms with Gasteiger partial charge in [0.05, 0.1) is 32.0 Å². The van der Waals surface area contributed by atoms with Gasteiger partial charge in [0, 0.05) is 6.92 Å². The van der Waals surface area contributed by atoms with Gasteiger partial charge in [-0.1, -0.05) is 121 Å². The van der Waals surface area contributed by atoms with E-state index in [1.807, 2.05) is 6.08 Å². The Morgan fingerprint density at radius 3 is 1.70 bits per heavy atom. The number of unbranched alkanes of at least 4 members (excludes halogenated alkanes) is 16. The molecule has 0 aliphatic carbocycles. The first-order valence-electron chi connectivity index (χ1n) is 20.5. The number of aliphatic hydroxyl groups is 8. The zero-order chi connectivity index (χ0) is 39.7. The fourth-order valence-electron chi connectivity index (χ4n) is 6.81. The van der Waals surface area contributed by atoms with Gasteiger partial charge in [-0.2, -0.15) is 0 Å². The van der Waals surface area contributed by atoms with Crippen LogP contribution in [0, 0.1) is 0 Å². The minimum Gasteiger partial charge on any atom is -0.394 e. The Labute approximate surface area is 322 Å². The highest BCUT2D eigenvalue weighted by atomic mass is 16.7. The summed E-state index contributed by atoms with van der Waals surface area (Å²) in [7, 11) is 0. The molecule has 54 heavy (non-hydrogen) atoms. The SMILES string of the molecule is CCCCCCCCCCCCCCCCC/C=C/CC/C=C/C(O)C(COC1OC(CO)C(OC2OC(CO)C(O)C(O)C2O)C(O)C1O)NC(C)=O. The molecule has 1 amide bonds. The molecule has 2 aliphatic rings. The highest BCUT2D eigenvalue weighted by Gasteiger charge is 2.50. The summed E-state index contributed by atoms with van der Waals surface area (Å²) in [5, 5.41) is 84.8. The van der Waals surface area contributed by atoms with Crippen molar-refractivity contribution in [2.75, 3.05) is 19.8 Å². The lowest BCUT2D eigenvalue weighted by molar-refractivity contribution is -0.359. The molecule has 2 rings (SSSR count).